The van der Waals surface area contributed by atoms with Gasteiger partial charge in [-0.05, 0) is 38.0 Å². The molecule has 0 saturated carbocycles. The average molecular weight is 370 g/mol. The molecule has 6 nitrogen and oxygen atoms in total. The zero-order valence-electron chi connectivity index (χ0n) is 17.1. The van der Waals surface area contributed by atoms with Crippen molar-refractivity contribution in [2.45, 2.75) is 58.9 Å². The molecule has 0 fully saturated rings. The average Bonchev–Trinajstić information content (AvgIpc) is 3.03. The molecular weight excluding hydrogens is 340 g/mol. The number of nitrogens with one attached hydrogen (secondary N) is 2. The highest BCUT2D eigenvalue weighted by Crippen LogP contribution is 2.23. The molecule has 146 valence electrons. The fourth-order valence-corrected chi connectivity index (χ4v) is 2.52. The van der Waals surface area contributed by atoms with Crippen molar-refractivity contribution in [3.8, 4) is 0 Å². The molecule has 2 aromatic rings. The lowest BCUT2D eigenvalue weighted by atomic mass is 9.92. The van der Waals surface area contributed by atoms with Gasteiger partial charge in [0.1, 0.15) is 0 Å². The SMILES string of the molecule is C=C(C)c1cccc(C(C)(C)NC(=O)NCCc2noc(C(C)(C)C)n2)c1. The van der Waals surface area contributed by atoms with Gasteiger partial charge in [-0.25, -0.2) is 4.79 Å². The summed E-state index contributed by atoms with van der Waals surface area (Å²) in [5.74, 6) is 1.19. The third kappa shape index (κ3) is 5.67. The Morgan fingerprint density at radius 3 is 2.52 bits per heavy atom. The predicted octanol–water partition coefficient (Wildman–Crippen LogP) is 4.18. The minimum absolute atomic E-state index is 0.182. The number of aromatic nitrogens is 2. The van der Waals surface area contributed by atoms with Crippen LogP contribution in [0.5, 0.6) is 0 Å². The van der Waals surface area contributed by atoms with Gasteiger partial charge in [0.15, 0.2) is 5.82 Å². The lowest BCUT2D eigenvalue weighted by molar-refractivity contribution is 0.230. The van der Waals surface area contributed by atoms with E-state index in [9.17, 15) is 4.79 Å². The topological polar surface area (TPSA) is 80.0 Å². The molecule has 0 bridgehead atoms. The first-order chi connectivity index (χ1) is 12.5. The van der Waals surface area contributed by atoms with Gasteiger partial charge in [-0.2, -0.15) is 4.98 Å². The number of hydrogen-bond acceptors (Lipinski definition) is 4. The highest BCUT2D eigenvalue weighted by molar-refractivity contribution is 5.75. The maximum Gasteiger partial charge on any atom is 0.315 e. The van der Waals surface area contributed by atoms with E-state index in [1.54, 1.807) is 0 Å². The van der Waals surface area contributed by atoms with E-state index in [0.29, 0.717) is 24.7 Å². The summed E-state index contributed by atoms with van der Waals surface area (Å²) in [6.07, 6.45) is 0.512. The van der Waals surface area contributed by atoms with E-state index in [-0.39, 0.29) is 11.4 Å². The number of rotatable bonds is 6. The minimum Gasteiger partial charge on any atom is -0.339 e. The van der Waals surface area contributed by atoms with E-state index in [1.165, 1.54) is 0 Å². The minimum atomic E-state index is -0.513. The number of nitrogens with zero attached hydrogens (tertiary/aromatic N) is 2. The first kappa shape index (κ1) is 20.7. The standard InChI is InChI=1S/C21H30N4O2/c1-14(2)15-9-8-10-16(13-15)21(6,7)24-19(26)22-12-11-17-23-18(27-25-17)20(3,4)5/h8-10,13H,1,11-12H2,2-7H3,(H2,22,24,26). The van der Waals surface area contributed by atoms with Crippen molar-refractivity contribution in [3.63, 3.8) is 0 Å². The number of carbonyl (C=O) groups excluding carboxylic acids is 1. The van der Waals surface area contributed by atoms with Crippen LogP contribution in [0.15, 0.2) is 35.4 Å². The van der Waals surface area contributed by atoms with Crippen LogP contribution < -0.4 is 10.6 Å². The number of benzene rings is 1. The number of amides is 2. The van der Waals surface area contributed by atoms with Crippen LogP contribution in [0.3, 0.4) is 0 Å². The zero-order valence-corrected chi connectivity index (χ0v) is 17.1. The number of hydrogen-bond donors (Lipinski definition) is 2. The van der Waals surface area contributed by atoms with E-state index >= 15 is 0 Å². The van der Waals surface area contributed by atoms with Crippen LogP contribution in [0.1, 0.15) is 64.4 Å². The molecule has 6 heteroatoms. The molecule has 0 atom stereocenters. The molecule has 27 heavy (non-hydrogen) atoms. The maximum absolute atomic E-state index is 12.3. The Morgan fingerprint density at radius 2 is 1.93 bits per heavy atom. The molecule has 1 aromatic heterocycles. The summed E-state index contributed by atoms with van der Waals surface area (Å²) in [4.78, 5) is 16.7. The van der Waals surface area contributed by atoms with Gasteiger partial charge in [-0.1, -0.05) is 56.3 Å². The van der Waals surface area contributed by atoms with Crippen LogP contribution >= 0.6 is 0 Å². The first-order valence-electron chi connectivity index (χ1n) is 9.14. The van der Waals surface area contributed by atoms with Gasteiger partial charge < -0.3 is 15.2 Å². The molecule has 0 aliphatic rings. The first-order valence-corrected chi connectivity index (χ1v) is 9.14. The van der Waals surface area contributed by atoms with Gasteiger partial charge in [0.05, 0.1) is 5.54 Å². The summed E-state index contributed by atoms with van der Waals surface area (Å²) in [6, 6.07) is 7.80. The summed E-state index contributed by atoms with van der Waals surface area (Å²) in [7, 11) is 0. The molecule has 2 amide bonds. The Labute approximate surface area is 161 Å². The van der Waals surface area contributed by atoms with Crippen molar-refractivity contribution in [3.05, 3.63) is 53.7 Å². The maximum atomic E-state index is 12.3. The summed E-state index contributed by atoms with van der Waals surface area (Å²) in [5, 5.41) is 9.83. The Morgan fingerprint density at radius 1 is 1.22 bits per heavy atom. The van der Waals surface area contributed by atoms with Crippen molar-refractivity contribution >= 4 is 11.6 Å². The normalized spacial score (nSPS) is 11.9. The Balaban J connectivity index is 1.90. The van der Waals surface area contributed by atoms with Crippen LogP contribution in [-0.2, 0) is 17.4 Å². The van der Waals surface area contributed by atoms with E-state index in [1.807, 2.05) is 59.7 Å². The Kier molecular flexibility index (Phi) is 6.08. The quantitative estimate of drug-likeness (QED) is 0.799. The summed E-state index contributed by atoms with van der Waals surface area (Å²) >= 11 is 0. The van der Waals surface area contributed by atoms with E-state index < -0.39 is 5.54 Å². The second kappa shape index (κ2) is 7.94. The third-order valence-corrected chi connectivity index (χ3v) is 4.25. The van der Waals surface area contributed by atoms with Gasteiger partial charge in [0.25, 0.3) is 0 Å². The molecule has 0 saturated heterocycles. The van der Waals surface area contributed by atoms with Crippen LogP contribution in [0.25, 0.3) is 5.57 Å². The van der Waals surface area contributed by atoms with Crippen molar-refractivity contribution in [2.24, 2.45) is 0 Å². The second-order valence-corrected chi connectivity index (χ2v) is 8.38. The number of allylic oxidation sites excluding steroid dienone is 1. The fraction of sp³-hybridized carbons (Fsp3) is 0.476. The van der Waals surface area contributed by atoms with Gasteiger partial charge in [-0.15, -0.1) is 0 Å². The molecule has 1 aromatic carbocycles. The number of carbonyl (C=O) groups is 1. The Hall–Kier alpha value is -2.63. The van der Waals surface area contributed by atoms with E-state index in [2.05, 4.69) is 33.4 Å². The lowest BCUT2D eigenvalue weighted by Crippen LogP contribution is -2.47. The van der Waals surface area contributed by atoms with Gasteiger partial charge in [0, 0.05) is 18.4 Å². The van der Waals surface area contributed by atoms with Crippen LogP contribution in [0, 0.1) is 0 Å². The summed E-state index contributed by atoms with van der Waals surface area (Å²) in [6.45, 7) is 16.4. The van der Waals surface area contributed by atoms with Gasteiger partial charge in [0.2, 0.25) is 5.89 Å². The molecule has 1 heterocycles. The molecule has 2 rings (SSSR count). The highest BCUT2D eigenvalue weighted by atomic mass is 16.5. The molecule has 0 spiro atoms. The van der Waals surface area contributed by atoms with Crippen LogP contribution in [0.4, 0.5) is 4.79 Å². The predicted molar refractivity (Wildman–Crippen MR) is 107 cm³/mol. The van der Waals surface area contributed by atoms with Gasteiger partial charge in [-0.3, -0.25) is 0 Å². The number of urea groups is 1. The van der Waals surface area contributed by atoms with Crippen LogP contribution in [0.2, 0.25) is 0 Å². The van der Waals surface area contributed by atoms with E-state index in [4.69, 9.17) is 4.52 Å². The lowest BCUT2D eigenvalue weighted by Gasteiger charge is -2.27. The van der Waals surface area contributed by atoms with Gasteiger partial charge >= 0.3 is 6.03 Å². The summed E-state index contributed by atoms with van der Waals surface area (Å²) in [5.41, 5.74) is 2.38. The zero-order chi connectivity index (χ0) is 20.2. The van der Waals surface area contributed by atoms with Crippen molar-refractivity contribution in [2.75, 3.05) is 6.54 Å². The fourth-order valence-electron chi connectivity index (χ4n) is 2.52. The second-order valence-electron chi connectivity index (χ2n) is 8.38. The monoisotopic (exact) mass is 370 g/mol. The van der Waals surface area contributed by atoms with Crippen molar-refractivity contribution in [1.29, 1.82) is 0 Å². The third-order valence-electron chi connectivity index (χ3n) is 4.25. The van der Waals surface area contributed by atoms with Crippen molar-refractivity contribution < 1.29 is 9.32 Å². The summed E-state index contributed by atoms with van der Waals surface area (Å²) < 4.78 is 5.26. The van der Waals surface area contributed by atoms with E-state index in [0.717, 1.165) is 16.7 Å². The molecule has 2 N–H and O–H groups in total. The Bertz CT molecular complexity index is 816. The molecule has 0 aliphatic carbocycles. The largest absolute Gasteiger partial charge is 0.339 e. The smallest absolute Gasteiger partial charge is 0.315 e. The molecular formula is C21H30N4O2. The molecule has 0 aliphatic heterocycles. The van der Waals surface area contributed by atoms with Crippen LogP contribution in [-0.4, -0.2) is 22.7 Å². The molecule has 0 unspecified atom stereocenters. The highest BCUT2D eigenvalue weighted by Gasteiger charge is 2.24. The van der Waals surface area contributed by atoms with Crippen molar-refractivity contribution in [1.82, 2.24) is 20.8 Å². The molecule has 0 radical (unpaired) electrons.